The molecular formula is C24H27BrF3N3O3S. The Hall–Kier alpha value is -2.42. The molecule has 0 spiro atoms. The molecule has 0 heterocycles. The van der Waals surface area contributed by atoms with Gasteiger partial charge in [0.1, 0.15) is 12.1 Å². The van der Waals surface area contributed by atoms with Gasteiger partial charge in [-0.05, 0) is 47.7 Å². The van der Waals surface area contributed by atoms with E-state index in [4.69, 9.17) is 0 Å². The number of benzene rings is 2. The van der Waals surface area contributed by atoms with Gasteiger partial charge in [-0.2, -0.15) is 18.4 Å². The Balaban J connectivity index is 2.21. The number of sulfone groups is 1. The third-order valence-corrected chi connectivity index (χ3v) is 6.84. The highest BCUT2D eigenvalue weighted by Gasteiger charge is 2.43. The molecule has 0 aromatic heterocycles. The van der Waals surface area contributed by atoms with Crippen molar-refractivity contribution in [2.24, 2.45) is 5.92 Å². The number of halogens is 4. The fraction of sp³-hybridized carbons (Fsp3) is 0.417. The molecule has 2 rings (SSSR count). The molecule has 0 radical (unpaired) electrons. The van der Waals surface area contributed by atoms with Gasteiger partial charge in [-0.15, -0.1) is 0 Å². The van der Waals surface area contributed by atoms with Gasteiger partial charge in [-0.3, -0.25) is 10.1 Å². The van der Waals surface area contributed by atoms with Gasteiger partial charge in [-0.25, -0.2) is 8.42 Å². The van der Waals surface area contributed by atoms with Gasteiger partial charge in [0.25, 0.3) is 0 Å². The van der Waals surface area contributed by atoms with E-state index >= 15 is 0 Å². The third-order valence-electron chi connectivity index (χ3n) is 5.19. The van der Waals surface area contributed by atoms with Crippen LogP contribution < -0.4 is 10.6 Å². The number of nitrogens with zero attached hydrogens (tertiary/aromatic N) is 1. The average Bonchev–Trinajstić information content (AvgIpc) is 2.75. The summed E-state index contributed by atoms with van der Waals surface area (Å²) in [4.78, 5) is 13.1. The number of carbonyl (C=O) groups excluding carboxylic acids is 1. The maximum atomic E-state index is 13.9. The Morgan fingerprint density at radius 2 is 1.66 bits per heavy atom. The van der Waals surface area contributed by atoms with Crippen LogP contribution in [0.25, 0.3) is 0 Å². The van der Waals surface area contributed by atoms with Crippen LogP contribution in [0.3, 0.4) is 0 Å². The highest BCUT2D eigenvalue weighted by Crippen LogP contribution is 2.34. The number of hydrogen-bond acceptors (Lipinski definition) is 5. The van der Waals surface area contributed by atoms with Crippen LogP contribution >= 0.6 is 15.9 Å². The van der Waals surface area contributed by atoms with Crippen molar-refractivity contribution in [3.63, 3.8) is 0 Å². The van der Waals surface area contributed by atoms with E-state index in [1.807, 2.05) is 6.07 Å². The Morgan fingerprint density at radius 1 is 1.09 bits per heavy atom. The summed E-state index contributed by atoms with van der Waals surface area (Å²) in [5.74, 6) is -0.814. The number of amides is 1. The molecule has 1 amide bonds. The molecule has 35 heavy (non-hydrogen) atoms. The molecule has 1 unspecified atom stereocenters. The van der Waals surface area contributed by atoms with Crippen LogP contribution in [0.5, 0.6) is 0 Å². The molecule has 0 aliphatic heterocycles. The Labute approximate surface area is 212 Å². The van der Waals surface area contributed by atoms with Crippen molar-refractivity contribution in [2.45, 2.75) is 55.9 Å². The molecule has 0 bridgehead atoms. The molecular weight excluding hydrogens is 547 g/mol. The van der Waals surface area contributed by atoms with E-state index in [0.717, 1.165) is 6.26 Å². The first-order valence-electron chi connectivity index (χ1n) is 10.8. The lowest BCUT2D eigenvalue weighted by molar-refractivity contribution is -0.161. The third kappa shape index (κ3) is 8.94. The predicted molar refractivity (Wildman–Crippen MR) is 130 cm³/mol. The molecule has 0 saturated heterocycles. The molecule has 0 fully saturated rings. The molecule has 190 valence electrons. The molecule has 0 aliphatic rings. The standard InChI is InChI=1S/C24H27BrF3N3O3S/c1-15(2)12-21(31-22(24(26,27)28)17-6-8-18(25)9-7-17)23(32)30-19(14-29)13-16-4-10-20(11-5-16)35(3,33)34/h4-11,15,19,21-22,31H,12-13H2,1-3H3,(H,30,32)/t19?,21-,22-/m0/s1. The van der Waals surface area contributed by atoms with E-state index < -0.39 is 40.0 Å². The summed E-state index contributed by atoms with van der Waals surface area (Å²) in [6.07, 6.45) is -3.39. The summed E-state index contributed by atoms with van der Waals surface area (Å²) in [6.45, 7) is 3.57. The molecule has 0 aliphatic carbocycles. The van der Waals surface area contributed by atoms with E-state index in [-0.39, 0.29) is 29.2 Å². The minimum Gasteiger partial charge on any atom is -0.339 e. The van der Waals surface area contributed by atoms with Crippen LogP contribution in [0.1, 0.15) is 37.4 Å². The largest absolute Gasteiger partial charge is 0.407 e. The quantitative estimate of drug-likeness (QED) is 0.429. The fourth-order valence-corrected chi connectivity index (χ4v) is 4.36. The lowest BCUT2D eigenvalue weighted by atomic mass is 9.99. The smallest absolute Gasteiger partial charge is 0.339 e. The van der Waals surface area contributed by atoms with Crippen molar-refractivity contribution >= 4 is 31.7 Å². The van der Waals surface area contributed by atoms with Gasteiger partial charge in [-0.1, -0.05) is 54.0 Å². The predicted octanol–water partition coefficient (Wildman–Crippen LogP) is 4.71. The molecule has 2 aromatic carbocycles. The first-order chi connectivity index (χ1) is 16.2. The average molecular weight is 574 g/mol. The minimum absolute atomic E-state index is 0.0370. The van der Waals surface area contributed by atoms with Gasteiger partial charge in [0.2, 0.25) is 5.91 Å². The van der Waals surface area contributed by atoms with Crippen molar-refractivity contribution in [1.82, 2.24) is 10.6 Å². The zero-order chi connectivity index (χ0) is 26.4. The van der Waals surface area contributed by atoms with Gasteiger partial charge in [0, 0.05) is 17.1 Å². The van der Waals surface area contributed by atoms with Crippen LogP contribution in [-0.2, 0) is 21.1 Å². The topological polar surface area (TPSA) is 99.1 Å². The van der Waals surface area contributed by atoms with Crippen molar-refractivity contribution in [2.75, 3.05) is 6.26 Å². The number of alkyl halides is 3. The summed E-state index contributed by atoms with van der Waals surface area (Å²) in [7, 11) is -3.38. The summed E-state index contributed by atoms with van der Waals surface area (Å²) in [5.41, 5.74) is 0.561. The highest BCUT2D eigenvalue weighted by atomic mass is 79.9. The highest BCUT2D eigenvalue weighted by molar-refractivity contribution is 9.10. The van der Waals surface area contributed by atoms with Gasteiger partial charge in [0.15, 0.2) is 9.84 Å². The molecule has 0 saturated carbocycles. The number of nitriles is 1. The van der Waals surface area contributed by atoms with E-state index in [2.05, 4.69) is 26.6 Å². The van der Waals surface area contributed by atoms with Crippen molar-refractivity contribution in [3.8, 4) is 6.07 Å². The molecule has 6 nitrogen and oxygen atoms in total. The van der Waals surface area contributed by atoms with Crippen LogP contribution in [0.2, 0.25) is 0 Å². The number of hydrogen-bond donors (Lipinski definition) is 2. The van der Waals surface area contributed by atoms with Crippen molar-refractivity contribution in [3.05, 3.63) is 64.1 Å². The second-order valence-corrected chi connectivity index (χ2v) is 11.6. The molecule has 2 N–H and O–H groups in total. The number of rotatable bonds is 10. The maximum Gasteiger partial charge on any atom is 0.407 e. The molecule has 11 heteroatoms. The Kier molecular flexibility index (Phi) is 9.89. The number of carbonyl (C=O) groups is 1. The first kappa shape index (κ1) is 28.8. The molecule has 3 atom stereocenters. The first-order valence-corrected chi connectivity index (χ1v) is 13.5. The normalized spacial score (nSPS) is 14.7. The van der Waals surface area contributed by atoms with Gasteiger partial charge in [0.05, 0.1) is 17.0 Å². The van der Waals surface area contributed by atoms with E-state index in [0.29, 0.717) is 10.0 Å². The fourth-order valence-electron chi connectivity index (χ4n) is 3.47. The minimum atomic E-state index is -4.65. The maximum absolute atomic E-state index is 13.9. The zero-order valence-corrected chi connectivity index (χ0v) is 21.8. The van der Waals surface area contributed by atoms with E-state index in [1.54, 1.807) is 13.8 Å². The van der Waals surface area contributed by atoms with Crippen LogP contribution in [0, 0.1) is 17.2 Å². The van der Waals surface area contributed by atoms with Gasteiger partial charge < -0.3 is 5.32 Å². The lowest BCUT2D eigenvalue weighted by Crippen LogP contribution is -2.51. The SMILES string of the molecule is CC(C)C[C@H](N[C@@H](c1ccc(Br)cc1)C(F)(F)F)C(=O)NC(C#N)Cc1ccc(S(C)(=O)=O)cc1. The lowest BCUT2D eigenvalue weighted by Gasteiger charge is -2.29. The van der Waals surface area contributed by atoms with Crippen molar-refractivity contribution in [1.29, 1.82) is 5.26 Å². The van der Waals surface area contributed by atoms with E-state index in [9.17, 15) is 31.6 Å². The van der Waals surface area contributed by atoms with Crippen LogP contribution in [-0.4, -0.2) is 38.8 Å². The monoisotopic (exact) mass is 573 g/mol. The Morgan fingerprint density at radius 3 is 2.11 bits per heavy atom. The second-order valence-electron chi connectivity index (χ2n) is 8.69. The summed E-state index contributed by atoms with van der Waals surface area (Å²) in [6, 6.07) is 9.17. The van der Waals surface area contributed by atoms with Crippen LogP contribution in [0.4, 0.5) is 13.2 Å². The summed E-state index contributed by atoms with van der Waals surface area (Å²) >= 11 is 3.20. The van der Waals surface area contributed by atoms with E-state index in [1.165, 1.54) is 48.5 Å². The summed E-state index contributed by atoms with van der Waals surface area (Å²) in [5, 5.41) is 14.5. The second kappa shape index (κ2) is 12.0. The van der Waals surface area contributed by atoms with Crippen LogP contribution in [0.15, 0.2) is 57.9 Å². The van der Waals surface area contributed by atoms with Gasteiger partial charge >= 0.3 is 6.18 Å². The summed E-state index contributed by atoms with van der Waals surface area (Å²) < 4.78 is 65.5. The Bertz CT molecular complexity index is 1150. The molecule has 2 aromatic rings. The zero-order valence-electron chi connectivity index (χ0n) is 19.4. The number of nitrogens with one attached hydrogen (secondary N) is 2. The van der Waals surface area contributed by atoms with Crippen molar-refractivity contribution < 1.29 is 26.4 Å².